The number of nitro benzene ring substituents is 1. The molecule has 8 nitrogen and oxygen atoms in total. The first-order valence-corrected chi connectivity index (χ1v) is 6.86. The third kappa shape index (κ3) is 3.70. The third-order valence-corrected chi connectivity index (χ3v) is 3.50. The second-order valence-electron chi connectivity index (χ2n) is 4.31. The maximum atomic E-state index is 11.3. The molecule has 0 radical (unpaired) electrons. The van der Waals surface area contributed by atoms with Crippen molar-refractivity contribution in [2.45, 2.75) is 19.1 Å². The minimum atomic E-state index is -1.19. The van der Waals surface area contributed by atoms with Crippen LogP contribution in [0.15, 0.2) is 32.7 Å². The van der Waals surface area contributed by atoms with Crippen molar-refractivity contribution in [2.75, 3.05) is 0 Å². The summed E-state index contributed by atoms with van der Waals surface area (Å²) in [5.74, 6) is -0.873. The molecule has 1 aromatic heterocycles. The van der Waals surface area contributed by atoms with Crippen molar-refractivity contribution < 1.29 is 19.2 Å². The molecular formula is C13H11N3O5S. The number of nitro groups is 1. The summed E-state index contributed by atoms with van der Waals surface area (Å²) in [5, 5.41) is 27.5. The highest BCUT2D eigenvalue weighted by molar-refractivity contribution is 8.03. The molecule has 0 atom stereocenters. The number of rotatable bonds is 5. The molecule has 9 heteroatoms. The quantitative estimate of drug-likeness (QED) is 0.386. The standard InChI is InChI=1S/C13H11N3O5S/c1-7-3-4-9(5-10(7)16(19)20)6-11(12(17)18)22-13-15-14-8(2)21-13/h3-6H,1-2H3,(H,17,18)/b11-6+. The SMILES string of the molecule is Cc1nnc(S/C(=C/c2ccc(C)c([N+](=O)[O-])c2)C(=O)O)o1. The van der Waals surface area contributed by atoms with Gasteiger partial charge in [-0.05, 0) is 30.3 Å². The summed E-state index contributed by atoms with van der Waals surface area (Å²) in [4.78, 5) is 21.6. The van der Waals surface area contributed by atoms with E-state index < -0.39 is 10.9 Å². The van der Waals surface area contributed by atoms with Gasteiger partial charge < -0.3 is 9.52 Å². The zero-order chi connectivity index (χ0) is 16.3. The van der Waals surface area contributed by atoms with Crippen molar-refractivity contribution in [3.8, 4) is 0 Å². The number of carboxylic acid groups (broad SMARTS) is 1. The Morgan fingerprint density at radius 3 is 2.68 bits per heavy atom. The van der Waals surface area contributed by atoms with Crippen LogP contribution in [0.1, 0.15) is 17.0 Å². The fourth-order valence-electron chi connectivity index (χ4n) is 1.61. The Kier molecular flexibility index (Phi) is 4.56. The van der Waals surface area contributed by atoms with Crippen LogP contribution in [0, 0.1) is 24.0 Å². The Balaban J connectivity index is 2.36. The Labute approximate surface area is 129 Å². The number of aliphatic carboxylic acids is 1. The summed E-state index contributed by atoms with van der Waals surface area (Å²) < 4.78 is 5.11. The number of thioether (sulfide) groups is 1. The molecule has 2 aromatic rings. The van der Waals surface area contributed by atoms with Crippen LogP contribution in [0.25, 0.3) is 6.08 Å². The Bertz CT molecular complexity index is 769. The largest absolute Gasteiger partial charge is 0.477 e. The second kappa shape index (κ2) is 6.39. The van der Waals surface area contributed by atoms with Crippen LogP contribution in [0.3, 0.4) is 0 Å². The Hall–Kier alpha value is -2.68. The van der Waals surface area contributed by atoms with Gasteiger partial charge in [-0.1, -0.05) is 12.1 Å². The van der Waals surface area contributed by atoms with E-state index in [1.165, 1.54) is 12.1 Å². The van der Waals surface area contributed by atoms with E-state index in [0.29, 0.717) is 17.0 Å². The fraction of sp³-hybridized carbons (Fsp3) is 0.154. The first-order valence-electron chi connectivity index (χ1n) is 6.05. The second-order valence-corrected chi connectivity index (χ2v) is 5.30. The maximum Gasteiger partial charge on any atom is 0.342 e. The van der Waals surface area contributed by atoms with Gasteiger partial charge in [0.15, 0.2) is 0 Å². The molecule has 0 unspecified atom stereocenters. The molecule has 1 N–H and O–H groups in total. The number of hydrogen-bond acceptors (Lipinski definition) is 7. The lowest BCUT2D eigenvalue weighted by Gasteiger charge is -2.01. The van der Waals surface area contributed by atoms with E-state index in [0.717, 1.165) is 11.8 Å². The lowest BCUT2D eigenvalue weighted by Crippen LogP contribution is -1.97. The number of nitrogens with zero attached hydrogens (tertiary/aromatic N) is 3. The van der Waals surface area contributed by atoms with Crippen molar-refractivity contribution in [2.24, 2.45) is 0 Å². The molecule has 1 aromatic carbocycles. The van der Waals surface area contributed by atoms with Crippen LogP contribution in [-0.4, -0.2) is 26.2 Å². The summed E-state index contributed by atoms with van der Waals surface area (Å²) >= 11 is 0.782. The highest BCUT2D eigenvalue weighted by Gasteiger charge is 2.16. The molecule has 0 saturated carbocycles. The van der Waals surface area contributed by atoms with Crippen molar-refractivity contribution in [3.05, 3.63) is 50.2 Å². The first-order chi connectivity index (χ1) is 10.4. The average molecular weight is 321 g/mol. The molecule has 0 aliphatic carbocycles. The van der Waals surface area contributed by atoms with E-state index in [4.69, 9.17) is 4.42 Å². The highest BCUT2D eigenvalue weighted by Crippen LogP contribution is 2.28. The smallest absolute Gasteiger partial charge is 0.342 e. The molecule has 0 saturated heterocycles. The summed E-state index contributed by atoms with van der Waals surface area (Å²) in [6.07, 6.45) is 1.32. The zero-order valence-electron chi connectivity index (χ0n) is 11.6. The van der Waals surface area contributed by atoms with Crippen molar-refractivity contribution in [1.29, 1.82) is 0 Å². The molecule has 0 fully saturated rings. The van der Waals surface area contributed by atoms with Gasteiger partial charge in [0.05, 0.1) is 4.92 Å². The molecule has 0 aliphatic rings. The van der Waals surface area contributed by atoms with Gasteiger partial charge in [0.1, 0.15) is 4.91 Å². The van der Waals surface area contributed by atoms with Gasteiger partial charge in [0.25, 0.3) is 10.9 Å². The van der Waals surface area contributed by atoms with Crippen LogP contribution in [-0.2, 0) is 4.79 Å². The lowest BCUT2D eigenvalue weighted by atomic mass is 10.1. The minimum Gasteiger partial charge on any atom is -0.477 e. The number of hydrogen-bond donors (Lipinski definition) is 1. The van der Waals surface area contributed by atoms with Gasteiger partial charge in [-0.2, -0.15) is 0 Å². The molecule has 22 heavy (non-hydrogen) atoms. The van der Waals surface area contributed by atoms with Gasteiger partial charge in [-0.15, -0.1) is 10.2 Å². The Morgan fingerprint density at radius 2 is 2.14 bits per heavy atom. The minimum absolute atomic E-state index is 0.0721. The number of carboxylic acids is 1. The Morgan fingerprint density at radius 1 is 1.41 bits per heavy atom. The fourth-order valence-corrected chi connectivity index (χ4v) is 2.33. The van der Waals surface area contributed by atoms with Crippen molar-refractivity contribution in [1.82, 2.24) is 10.2 Å². The van der Waals surface area contributed by atoms with Crippen LogP contribution in [0.5, 0.6) is 0 Å². The van der Waals surface area contributed by atoms with E-state index in [-0.39, 0.29) is 15.8 Å². The van der Waals surface area contributed by atoms with E-state index >= 15 is 0 Å². The first kappa shape index (κ1) is 15.7. The van der Waals surface area contributed by atoms with E-state index in [2.05, 4.69) is 10.2 Å². The topological polar surface area (TPSA) is 119 Å². The van der Waals surface area contributed by atoms with Gasteiger partial charge in [-0.25, -0.2) is 4.79 Å². The summed E-state index contributed by atoms with van der Waals surface area (Å²) in [7, 11) is 0. The van der Waals surface area contributed by atoms with Crippen LogP contribution in [0.2, 0.25) is 0 Å². The molecule has 0 bridgehead atoms. The third-order valence-electron chi connectivity index (χ3n) is 2.64. The van der Waals surface area contributed by atoms with Crippen LogP contribution in [0.4, 0.5) is 5.69 Å². The number of benzene rings is 1. The molecule has 0 spiro atoms. The predicted octanol–water partition coefficient (Wildman–Crippen LogP) is 2.81. The molecule has 2 rings (SSSR count). The van der Waals surface area contributed by atoms with E-state index in [9.17, 15) is 20.0 Å². The predicted molar refractivity (Wildman–Crippen MR) is 78.3 cm³/mol. The van der Waals surface area contributed by atoms with Gasteiger partial charge in [-0.3, -0.25) is 10.1 Å². The zero-order valence-corrected chi connectivity index (χ0v) is 12.5. The average Bonchev–Trinajstić information content (AvgIpc) is 2.85. The molecule has 114 valence electrons. The molecule has 0 aliphatic heterocycles. The summed E-state index contributed by atoms with van der Waals surface area (Å²) in [6.45, 7) is 3.20. The van der Waals surface area contributed by atoms with Gasteiger partial charge in [0.2, 0.25) is 5.89 Å². The lowest BCUT2D eigenvalue weighted by molar-refractivity contribution is -0.385. The summed E-state index contributed by atoms with van der Waals surface area (Å²) in [5.41, 5.74) is 0.828. The van der Waals surface area contributed by atoms with Crippen LogP contribution < -0.4 is 0 Å². The van der Waals surface area contributed by atoms with E-state index in [1.807, 2.05) is 0 Å². The monoisotopic (exact) mass is 321 g/mol. The maximum absolute atomic E-state index is 11.3. The van der Waals surface area contributed by atoms with Crippen LogP contribution >= 0.6 is 11.8 Å². The van der Waals surface area contributed by atoms with Gasteiger partial charge >= 0.3 is 5.97 Å². The normalized spacial score (nSPS) is 11.5. The number of carbonyl (C=O) groups is 1. The van der Waals surface area contributed by atoms with E-state index in [1.54, 1.807) is 26.0 Å². The molecular weight excluding hydrogens is 310 g/mol. The highest BCUT2D eigenvalue weighted by atomic mass is 32.2. The number of aryl methyl sites for hydroxylation is 2. The van der Waals surface area contributed by atoms with Gasteiger partial charge in [0, 0.05) is 18.6 Å². The molecule has 1 heterocycles. The number of aromatic nitrogens is 2. The van der Waals surface area contributed by atoms with Crippen molar-refractivity contribution >= 4 is 29.5 Å². The van der Waals surface area contributed by atoms with Crippen molar-refractivity contribution in [3.63, 3.8) is 0 Å². The summed E-state index contributed by atoms with van der Waals surface area (Å²) in [6, 6.07) is 4.48. The molecule has 0 amide bonds.